The van der Waals surface area contributed by atoms with E-state index in [9.17, 15) is 0 Å². The number of fused-ring (bicyclic) bond motifs is 4. The lowest BCUT2D eigenvalue weighted by Gasteiger charge is -2.45. The second kappa shape index (κ2) is 16.2. The Kier molecular flexibility index (Phi) is 9.73. The number of aromatic nitrogens is 3. The molecule has 2 aliphatic heterocycles. The van der Waals surface area contributed by atoms with E-state index in [1.165, 1.54) is 137 Å². The van der Waals surface area contributed by atoms with Gasteiger partial charge in [-0.05, 0) is 136 Å². The molecule has 3 heterocycles. The third-order valence-electron chi connectivity index (χ3n) is 14.5. The molecule has 0 bridgehead atoms. The lowest BCUT2D eigenvalue weighted by molar-refractivity contribution is 0.444. The predicted octanol–water partition coefficient (Wildman–Crippen LogP) is 13.1. The minimum Gasteiger partial charge on any atom is -0.311 e. The van der Waals surface area contributed by atoms with Gasteiger partial charge >= 0.3 is 0 Å². The molecular weight excluding hydrogens is 765 g/mol. The number of anilines is 6. The summed E-state index contributed by atoms with van der Waals surface area (Å²) in [7, 11) is 0. The molecule has 2 aliphatic carbocycles. The van der Waals surface area contributed by atoms with E-state index in [1.807, 2.05) is 0 Å². The van der Waals surface area contributed by atoms with Crippen molar-refractivity contribution in [3.05, 3.63) is 182 Å². The summed E-state index contributed by atoms with van der Waals surface area (Å²) in [5.74, 6) is 1.82. The number of hydrogen-bond acceptors (Lipinski definition) is 5. The fraction of sp³-hybridized carbons (Fsp3) is 0.211. The van der Waals surface area contributed by atoms with Crippen molar-refractivity contribution in [1.82, 2.24) is 15.0 Å². The largest absolute Gasteiger partial charge is 0.311 e. The molecule has 0 unspecified atom stereocenters. The van der Waals surface area contributed by atoms with Gasteiger partial charge in [-0.1, -0.05) is 148 Å². The maximum absolute atomic E-state index is 4.78. The van der Waals surface area contributed by atoms with Gasteiger partial charge in [-0.15, -0.1) is 0 Å². The molecule has 0 spiro atoms. The van der Waals surface area contributed by atoms with E-state index in [1.54, 1.807) is 12.7 Å². The van der Waals surface area contributed by atoms with Gasteiger partial charge in [0.1, 0.15) is 12.7 Å². The Morgan fingerprint density at radius 1 is 0.397 bits per heavy atom. The van der Waals surface area contributed by atoms with Gasteiger partial charge in [-0.3, -0.25) is 0 Å². The predicted molar refractivity (Wildman–Crippen MR) is 262 cm³/mol. The van der Waals surface area contributed by atoms with Crippen molar-refractivity contribution in [3.63, 3.8) is 0 Å². The van der Waals surface area contributed by atoms with E-state index >= 15 is 0 Å². The molecule has 306 valence electrons. The molecule has 0 saturated heterocycles. The van der Waals surface area contributed by atoms with Crippen LogP contribution < -0.4 is 26.2 Å². The van der Waals surface area contributed by atoms with Gasteiger partial charge < -0.3 is 9.80 Å². The molecule has 1 aromatic heterocycles. The summed E-state index contributed by atoms with van der Waals surface area (Å²) < 4.78 is 0. The van der Waals surface area contributed by atoms with Gasteiger partial charge in [0, 0.05) is 39.7 Å². The second-order valence-corrected chi connectivity index (χ2v) is 18.1. The summed E-state index contributed by atoms with van der Waals surface area (Å²) in [6.45, 7) is 0.0351. The second-order valence-electron chi connectivity index (χ2n) is 18.1. The van der Waals surface area contributed by atoms with Gasteiger partial charge in [0.25, 0.3) is 6.71 Å². The van der Waals surface area contributed by atoms with E-state index in [2.05, 4.69) is 173 Å². The number of rotatable bonds is 7. The Balaban J connectivity index is 1.12. The van der Waals surface area contributed by atoms with E-state index in [0.29, 0.717) is 17.7 Å². The van der Waals surface area contributed by atoms with Crippen molar-refractivity contribution in [3.8, 4) is 33.6 Å². The summed E-state index contributed by atoms with van der Waals surface area (Å²) in [6, 6.07) is 59.5. The maximum Gasteiger partial charge on any atom is 0.252 e. The SMILES string of the molecule is c1ccc(-c2ccc(N3c4cc(C5CCCCC5)ccc4B4c5ccc(C6CCCCC6)cc5N(c5ccc(-c6ccccc6)cc5)c5cc(-c6ncncn6)cc3c54)cc2)cc1. The fourth-order valence-corrected chi connectivity index (χ4v) is 11.3. The Morgan fingerprint density at radius 2 is 0.825 bits per heavy atom. The smallest absolute Gasteiger partial charge is 0.252 e. The van der Waals surface area contributed by atoms with Crippen molar-refractivity contribution in [2.24, 2.45) is 0 Å². The van der Waals surface area contributed by atoms with Crippen LogP contribution in [0.4, 0.5) is 34.1 Å². The molecular formula is C57H50BN5. The first-order chi connectivity index (χ1) is 31.2. The van der Waals surface area contributed by atoms with Crippen LogP contribution in [0.15, 0.2) is 170 Å². The zero-order valence-electron chi connectivity index (χ0n) is 35.7. The molecule has 0 N–H and O–H groups in total. The average molecular weight is 816 g/mol. The highest BCUT2D eigenvalue weighted by atomic mass is 15.2. The fourth-order valence-electron chi connectivity index (χ4n) is 11.3. The van der Waals surface area contributed by atoms with Crippen LogP contribution in [0.5, 0.6) is 0 Å². The van der Waals surface area contributed by atoms with Gasteiger partial charge in [0.05, 0.1) is 0 Å². The summed E-state index contributed by atoms with van der Waals surface area (Å²) >= 11 is 0. The lowest BCUT2D eigenvalue weighted by Crippen LogP contribution is -2.61. The van der Waals surface area contributed by atoms with Gasteiger partial charge in [-0.25, -0.2) is 15.0 Å². The van der Waals surface area contributed by atoms with Crippen LogP contribution in [-0.4, -0.2) is 21.7 Å². The average Bonchev–Trinajstić information content (AvgIpc) is 3.37. The van der Waals surface area contributed by atoms with Crippen LogP contribution in [-0.2, 0) is 0 Å². The number of benzene rings is 7. The first kappa shape index (κ1) is 37.9. The molecule has 2 saturated carbocycles. The molecule has 4 aliphatic rings. The van der Waals surface area contributed by atoms with Crippen molar-refractivity contribution in [2.75, 3.05) is 9.80 Å². The Labute approximate surface area is 371 Å². The summed E-state index contributed by atoms with van der Waals surface area (Å²) in [5.41, 5.74) is 19.9. The lowest BCUT2D eigenvalue weighted by atomic mass is 9.33. The molecule has 7 aromatic carbocycles. The van der Waals surface area contributed by atoms with E-state index in [-0.39, 0.29) is 6.71 Å². The molecule has 8 aromatic rings. The molecule has 2 fully saturated rings. The van der Waals surface area contributed by atoms with Crippen molar-refractivity contribution in [1.29, 1.82) is 0 Å². The summed E-state index contributed by atoms with van der Waals surface area (Å²) in [5, 5.41) is 0. The van der Waals surface area contributed by atoms with E-state index in [4.69, 9.17) is 9.97 Å². The minimum atomic E-state index is 0.0351. The standard InChI is InChI=1S/C57H50BN5/c1-5-13-39(14-6-1)43-21-27-48(28-22-43)62-52-33-45(41-17-9-3-10-18-41)25-31-50(52)58-51-32-26-46(42-19-11-4-12-20-42)34-53(51)63(49-29-23-44(24-30-49)40-15-7-2-8-16-40)55-36-47(35-54(62)56(55)58)57-60-37-59-38-61-57/h1-2,5-8,13-16,21-38,41-42H,3-4,9-12,17-20H2. The number of hydrogen-bond donors (Lipinski definition) is 0. The normalized spacial score (nSPS) is 16.0. The molecule has 5 nitrogen and oxygen atoms in total. The van der Waals surface area contributed by atoms with Crippen LogP contribution in [0.2, 0.25) is 0 Å². The first-order valence-electron chi connectivity index (χ1n) is 23.2. The van der Waals surface area contributed by atoms with Crippen LogP contribution in [0.3, 0.4) is 0 Å². The highest BCUT2D eigenvalue weighted by Crippen LogP contribution is 2.48. The van der Waals surface area contributed by atoms with Crippen molar-refractivity contribution < 1.29 is 0 Å². The van der Waals surface area contributed by atoms with Gasteiger partial charge in [0.15, 0.2) is 5.82 Å². The molecule has 0 radical (unpaired) electrons. The minimum absolute atomic E-state index is 0.0351. The van der Waals surface area contributed by atoms with Crippen LogP contribution in [0, 0.1) is 0 Å². The summed E-state index contributed by atoms with van der Waals surface area (Å²) in [4.78, 5) is 18.9. The Hall–Kier alpha value is -6.79. The third kappa shape index (κ3) is 6.84. The zero-order valence-corrected chi connectivity index (χ0v) is 35.7. The molecule has 0 atom stereocenters. The molecule has 12 rings (SSSR count). The van der Waals surface area contributed by atoms with Crippen LogP contribution in [0.25, 0.3) is 33.6 Å². The van der Waals surface area contributed by atoms with Gasteiger partial charge in [0.2, 0.25) is 0 Å². The molecule has 0 amide bonds. The van der Waals surface area contributed by atoms with Crippen LogP contribution >= 0.6 is 0 Å². The monoisotopic (exact) mass is 815 g/mol. The molecule has 63 heavy (non-hydrogen) atoms. The summed E-state index contributed by atoms with van der Waals surface area (Å²) in [6.07, 6.45) is 16.1. The Morgan fingerprint density at radius 3 is 1.27 bits per heavy atom. The highest BCUT2D eigenvalue weighted by molar-refractivity contribution is 7.00. The van der Waals surface area contributed by atoms with Crippen molar-refractivity contribution in [2.45, 2.75) is 76.0 Å². The first-order valence-corrected chi connectivity index (χ1v) is 23.2. The maximum atomic E-state index is 4.78. The van der Waals surface area contributed by atoms with E-state index < -0.39 is 0 Å². The quantitative estimate of drug-likeness (QED) is 0.150. The Bertz CT molecular complexity index is 2730. The number of nitrogens with zero attached hydrogens (tertiary/aromatic N) is 5. The molecule has 6 heteroatoms. The topological polar surface area (TPSA) is 45.2 Å². The highest BCUT2D eigenvalue weighted by Gasteiger charge is 2.44. The van der Waals surface area contributed by atoms with Gasteiger partial charge in [-0.2, -0.15) is 0 Å². The van der Waals surface area contributed by atoms with Crippen molar-refractivity contribution >= 4 is 57.2 Å². The van der Waals surface area contributed by atoms with E-state index in [0.717, 1.165) is 16.9 Å². The third-order valence-corrected chi connectivity index (χ3v) is 14.5. The zero-order chi connectivity index (χ0) is 41.7. The van der Waals surface area contributed by atoms with Crippen LogP contribution in [0.1, 0.15) is 87.2 Å².